The zero-order valence-corrected chi connectivity index (χ0v) is 19.0. The summed E-state index contributed by atoms with van der Waals surface area (Å²) in [5.41, 5.74) is 6.28. The van der Waals surface area contributed by atoms with E-state index in [4.69, 9.17) is 15.9 Å². The average molecular weight is 485 g/mol. The summed E-state index contributed by atoms with van der Waals surface area (Å²) in [5.74, 6) is -5.00. The molecule has 0 saturated carbocycles. The summed E-state index contributed by atoms with van der Waals surface area (Å²) < 4.78 is 0. The first-order chi connectivity index (χ1) is 15.9. The van der Waals surface area contributed by atoms with Gasteiger partial charge in [-0.15, -0.1) is 0 Å². The van der Waals surface area contributed by atoms with Crippen LogP contribution in [0.5, 0.6) is 0 Å². The van der Waals surface area contributed by atoms with Gasteiger partial charge < -0.3 is 42.0 Å². The molecule has 0 aromatic carbocycles. The maximum absolute atomic E-state index is 12.9. The van der Waals surface area contributed by atoms with E-state index in [1.807, 2.05) is 13.8 Å². The highest BCUT2D eigenvalue weighted by molar-refractivity contribution is 5.94. The summed E-state index contributed by atoms with van der Waals surface area (Å²) in [4.78, 5) is 66.8. The van der Waals surface area contributed by atoms with Crippen LogP contribution in [0.25, 0.3) is 0 Å². The van der Waals surface area contributed by atoms with Gasteiger partial charge in [0.15, 0.2) is 0 Å². The Morgan fingerprint density at radius 2 is 1.59 bits per heavy atom. The first-order valence-corrected chi connectivity index (χ1v) is 10.6. The second kappa shape index (κ2) is 13.9. The van der Waals surface area contributed by atoms with E-state index in [1.54, 1.807) is 0 Å². The third-order valence-corrected chi connectivity index (χ3v) is 4.75. The van der Waals surface area contributed by atoms with Crippen molar-refractivity contribution >= 4 is 29.7 Å². The second-order valence-electron chi connectivity index (χ2n) is 8.15. The highest BCUT2D eigenvalue weighted by atomic mass is 16.4. The van der Waals surface area contributed by atoms with Crippen molar-refractivity contribution in [2.75, 3.05) is 6.61 Å². The molecule has 3 amide bonds. The van der Waals surface area contributed by atoms with E-state index in [0.29, 0.717) is 12.1 Å². The largest absolute Gasteiger partial charge is 0.481 e. The molecule has 14 heteroatoms. The van der Waals surface area contributed by atoms with Crippen LogP contribution in [0.3, 0.4) is 0 Å². The minimum atomic E-state index is -1.61. The number of rotatable bonds is 15. The number of imidazole rings is 1. The molecule has 4 unspecified atom stereocenters. The number of nitrogens with zero attached hydrogens (tertiary/aromatic N) is 1. The van der Waals surface area contributed by atoms with Crippen LogP contribution in [-0.2, 0) is 30.4 Å². The Hall–Kier alpha value is -3.52. The van der Waals surface area contributed by atoms with Gasteiger partial charge in [-0.2, -0.15) is 0 Å². The number of carboxylic acid groups (broad SMARTS) is 2. The molecule has 0 fully saturated rings. The maximum atomic E-state index is 12.9. The van der Waals surface area contributed by atoms with Gasteiger partial charge in [-0.05, 0) is 18.8 Å². The van der Waals surface area contributed by atoms with E-state index in [2.05, 4.69) is 25.9 Å². The molecule has 14 nitrogen and oxygen atoms in total. The molecular weight excluding hydrogens is 452 g/mol. The van der Waals surface area contributed by atoms with Crippen LogP contribution in [0, 0.1) is 5.92 Å². The number of hydrogen-bond acceptors (Lipinski definition) is 8. The Bertz CT molecular complexity index is 844. The van der Waals surface area contributed by atoms with E-state index < -0.39 is 66.9 Å². The minimum absolute atomic E-state index is 0.100. The quantitative estimate of drug-likeness (QED) is 0.133. The van der Waals surface area contributed by atoms with E-state index in [0.717, 1.165) is 0 Å². The SMILES string of the molecule is CC(C)CC(N)C(=O)NC(CCC(=O)O)C(=O)NC(Cc1cnc[nH]1)C(=O)NC(CO)C(=O)O. The molecule has 4 atom stereocenters. The Kier molecular flexibility index (Phi) is 11.7. The number of carbonyl (C=O) groups is 5. The summed E-state index contributed by atoms with van der Waals surface area (Å²) in [6.45, 7) is 2.84. The van der Waals surface area contributed by atoms with Gasteiger partial charge in [0.2, 0.25) is 17.7 Å². The lowest BCUT2D eigenvalue weighted by Crippen LogP contribution is -2.58. The summed E-state index contributed by atoms with van der Waals surface area (Å²) in [5, 5.41) is 34.2. The van der Waals surface area contributed by atoms with Gasteiger partial charge >= 0.3 is 11.9 Å². The van der Waals surface area contributed by atoms with Crippen molar-refractivity contribution < 1.29 is 39.3 Å². The molecule has 0 aliphatic carbocycles. The Morgan fingerprint density at radius 3 is 2.09 bits per heavy atom. The number of amides is 3. The highest BCUT2D eigenvalue weighted by Gasteiger charge is 2.31. The molecule has 0 aliphatic rings. The molecule has 34 heavy (non-hydrogen) atoms. The van der Waals surface area contributed by atoms with Crippen LogP contribution in [0.15, 0.2) is 12.5 Å². The van der Waals surface area contributed by atoms with E-state index >= 15 is 0 Å². The fraction of sp³-hybridized carbons (Fsp3) is 0.600. The molecule has 1 aromatic heterocycles. The molecule has 0 bridgehead atoms. The maximum Gasteiger partial charge on any atom is 0.328 e. The number of hydrogen-bond donors (Lipinski definition) is 8. The fourth-order valence-electron chi connectivity index (χ4n) is 2.99. The van der Waals surface area contributed by atoms with Gasteiger partial charge in [-0.25, -0.2) is 9.78 Å². The van der Waals surface area contributed by atoms with Gasteiger partial charge in [-0.1, -0.05) is 13.8 Å². The standard InChI is InChI=1S/C20H32N6O8/c1-10(2)5-12(21)17(30)24-13(3-4-16(28)29)18(31)25-14(6-11-7-22-9-23-11)19(32)26-15(8-27)20(33)34/h7,9-10,12-15,27H,3-6,8,21H2,1-2H3,(H,22,23)(H,24,30)(H,25,31)(H,26,32)(H,28,29)(H,33,34). The van der Waals surface area contributed by atoms with Gasteiger partial charge in [0.05, 0.1) is 19.0 Å². The van der Waals surface area contributed by atoms with Crippen molar-refractivity contribution in [3.63, 3.8) is 0 Å². The molecular formula is C20H32N6O8. The zero-order chi connectivity index (χ0) is 25.8. The zero-order valence-electron chi connectivity index (χ0n) is 19.0. The van der Waals surface area contributed by atoms with E-state index in [9.17, 15) is 29.1 Å². The highest BCUT2D eigenvalue weighted by Crippen LogP contribution is 2.06. The molecule has 1 rings (SSSR count). The number of aromatic nitrogens is 2. The van der Waals surface area contributed by atoms with Gasteiger partial charge in [0.1, 0.15) is 18.1 Å². The Balaban J connectivity index is 3.04. The monoisotopic (exact) mass is 484 g/mol. The van der Waals surface area contributed by atoms with Crippen LogP contribution >= 0.6 is 0 Å². The molecule has 190 valence electrons. The fourth-order valence-corrected chi connectivity index (χ4v) is 2.99. The van der Waals surface area contributed by atoms with Gasteiger partial charge in [-0.3, -0.25) is 19.2 Å². The number of aliphatic hydroxyl groups is 1. The van der Waals surface area contributed by atoms with Crippen LogP contribution < -0.4 is 21.7 Å². The number of nitrogens with one attached hydrogen (secondary N) is 4. The molecule has 0 spiro atoms. The lowest BCUT2D eigenvalue weighted by Gasteiger charge is -2.25. The number of H-pyrrole nitrogens is 1. The minimum Gasteiger partial charge on any atom is -0.481 e. The number of aliphatic carboxylic acids is 2. The smallest absolute Gasteiger partial charge is 0.328 e. The summed E-state index contributed by atoms with van der Waals surface area (Å²) in [6, 6.07) is -5.17. The molecule has 9 N–H and O–H groups in total. The van der Waals surface area contributed by atoms with Crippen molar-refractivity contribution in [3.05, 3.63) is 18.2 Å². The van der Waals surface area contributed by atoms with Gasteiger partial charge in [0, 0.05) is 24.7 Å². The molecule has 0 aliphatic heterocycles. The first kappa shape index (κ1) is 28.5. The topological polar surface area (TPSA) is 237 Å². The third-order valence-electron chi connectivity index (χ3n) is 4.75. The first-order valence-electron chi connectivity index (χ1n) is 10.6. The molecule has 0 saturated heterocycles. The van der Waals surface area contributed by atoms with Gasteiger partial charge in [0.25, 0.3) is 0 Å². The van der Waals surface area contributed by atoms with E-state index in [1.165, 1.54) is 12.5 Å². The van der Waals surface area contributed by atoms with Crippen molar-refractivity contribution in [2.24, 2.45) is 11.7 Å². The number of aromatic amines is 1. The molecule has 1 aromatic rings. The number of carboxylic acids is 2. The summed E-state index contributed by atoms with van der Waals surface area (Å²) in [6.07, 6.45) is 2.23. The van der Waals surface area contributed by atoms with Crippen molar-refractivity contribution in [3.8, 4) is 0 Å². The Labute approximate surface area is 195 Å². The summed E-state index contributed by atoms with van der Waals surface area (Å²) in [7, 11) is 0. The Morgan fingerprint density at radius 1 is 1.00 bits per heavy atom. The van der Waals surface area contributed by atoms with Crippen molar-refractivity contribution in [1.29, 1.82) is 0 Å². The normalized spacial score (nSPS) is 14.5. The average Bonchev–Trinajstić information content (AvgIpc) is 3.26. The van der Waals surface area contributed by atoms with Crippen LogP contribution in [0.2, 0.25) is 0 Å². The van der Waals surface area contributed by atoms with Crippen molar-refractivity contribution in [1.82, 2.24) is 25.9 Å². The lowest BCUT2D eigenvalue weighted by molar-refractivity contribution is -0.143. The van der Waals surface area contributed by atoms with Crippen LogP contribution in [0.4, 0.5) is 0 Å². The number of nitrogens with two attached hydrogens (primary N) is 1. The summed E-state index contributed by atoms with van der Waals surface area (Å²) >= 11 is 0. The van der Waals surface area contributed by atoms with Crippen LogP contribution in [0.1, 0.15) is 38.8 Å². The predicted molar refractivity (Wildman–Crippen MR) is 117 cm³/mol. The predicted octanol–water partition coefficient (Wildman–Crippen LogP) is -2.28. The number of carbonyl (C=O) groups excluding carboxylic acids is 3. The third kappa shape index (κ3) is 9.95. The van der Waals surface area contributed by atoms with Crippen LogP contribution in [-0.4, -0.2) is 85.7 Å². The number of aliphatic hydroxyl groups excluding tert-OH is 1. The van der Waals surface area contributed by atoms with E-state index in [-0.39, 0.29) is 18.8 Å². The molecule has 0 radical (unpaired) electrons. The second-order valence-corrected chi connectivity index (χ2v) is 8.15. The molecule has 1 heterocycles. The lowest BCUT2D eigenvalue weighted by atomic mass is 10.0. The van der Waals surface area contributed by atoms with Crippen molar-refractivity contribution in [2.45, 2.75) is 63.7 Å².